The maximum Gasteiger partial charge on any atom is 0.221 e. The summed E-state index contributed by atoms with van der Waals surface area (Å²) in [6, 6.07) is 13.8. The molecular weight excluding hydrogens is 358 g/mol. The Labute approximate surface area is 154 Å². The zero-order valence-electron chi connectivity index (χ0n) is 14.3. The van der Waals surface area contributed by atoms with Crippen LogP contribution in [0.2, 0.25) is 5.02 Å². The van der Waals surface area contributed by atoms with E-state index < -0.39 is 9.84 Å². The number of benzene rings is 2. The maximum absolute atomic E-state index is 12.3. The van der Waals surface area contributed by atoms with Crippen LogP contribution in [0.5, 0.6) is 0 Å². The van der Waals surface area contributed by atoms with Gasteiger partial charge in [0.05, 0.1) is 16.7 Å². The number of hydrogen-bond acceptors (Lipinski definition) is 3. The zero-order chi connectivity index (χ0) is 18.4. The minimum atomic E-state index is -3.50. The quantitative estimate of drug-likeness (QED) is 0.792. The molecule has 6 heteroatoms. The van der Waals surface area contributed by atoms with Gasteiger partial charge < -0.3 is 5.32 Å². The lowest BCUT2D eigenvalue weighted by Crippen LogP contribution is -2.28. The van der Waals surface area contributed by atoms with Gasteiger partial charge in [0.2, 0.25) is 5.91 Å². The van der Waals surface area contributed by atoms with Gasteiger partial charge in [-0.25, -0.2) is 8.42 Å². The van der Waals surface area contributed by atoms with Crippen LogP contribution in [-0.4, -0.2) is 20.1 Å². The summed E-state index contributed by atoms with van der Waals surface area (Å²) in [5, 5.41) is 3.31. The number of carbonyl (C=O) groups excluding carboxylic acids is 1. The molecule has 2 aromatic carbocycles. The van der Waals surface area contributed by atoms with Gasteiger partial charge in [0.15, 0.2) is 9.84 Å². The van der Waals surface area contributed by atoms with Crippen molar-refractivity contribution >= 4 is 27.3 Å². The van der Waals surface area contributed by atoms with Crippen LogP contribution >= 0.6 is 11.6 Å². The fourth-order valence-corrected chi connectivity index (χ4v) is 3.79. The summed E-state index contributed by atoms with van der Waals surface area (Å²) in [6.45, 7) is 3.97. The molecule has 0 bridgehead atoms. The van der Waals surface area contributed by atoms with Crippen LogP contribution in [-0.2, 0) is 21.1 Å². The van der Waals surface area contributed by atoms with Crippen molar-refractivity contribution in [2.75, 3.05) is 5.75 Å². The van der Waals surface area contributed by atoms with E-state index in [1.54, 1.807) is 0 Å². The lowest BCUT2D eigenvalue weighted by atomic mass is 10.0. The van der Waals surface area contributed by atoms with E-state index in [9.17, 15) is 13.2 Å². The first-order valence-corrected chi connectivity index (χ1v) is 10.2. The number of carbonyl (C=O) groups is 1. The van der Waals surface area contributed by atoms with E-state index in [0.717, 1.165) is 12.0 Å². The molecule has 1 amide bonds. The molecule has 1 N–H and O–H groups in total. The highest BCUT2D eigenvalue weighted by molar-refractivity contribution is 7.91. The second-order valence-corrected chi connectivity index (χ2v) is 8.45. The third-order valence-corrected chi connectivity index (χ3v) is 6.02. The third kappa shape index (κ3) is 5.58. The molecule has 0 saturated heterocycles. The molecule has 0 saturated carbocycles. The van der Waals surface area contributed by atoms with Crippen molar-refractivity contribution in [3.05, 3.63) is 64.7 Å². The monoisotopic (exact) mass is 379 g/mol. The highest BCUT2D eigenvalue weighted by atomic mass is 35.5. The fourth-order valence-electron chi connectivity index (χ4n) is 2.43. The van der Waals surface area contributed by atoms with Gasteiger partial charge in [0.25, 0.3) is 0 Å². The predicted octanol–water partition coefficient (Wildman–Crippen LogP) is 3.94. The van der Waals surface area contributed by atoms with Crippen LogP contribution in [0.1, 0.15) is 37.4 Å². The Balaban J connectivity index is 1.91. The Morgan fingerprint density at radius 1 is 1.08 bits per heavy atom. The van der Waals surface area contributed by atoms with Crippen LogP contribution in [0.3, 0.4) is 0 Å². The highest BCUT2D eigenvalue weighted by Crippen LogP contribution is 2.17. The van der Waals surface area contributed by atoms with Crippen molar-refractivity contribution in [1.29, 1.82) is 0 Å². The van der Waals surface area contributed by atoms with Gasteiger partial charge in [-0.2, -0.15) is 0 Å². The Morgan fingerprint density at radius 2 is 1.68 bits per heavy atom. The Hall–Kier alpha value is -1.85. The molecule has 0 heterocycles. The standard InChI is InChI=1S/C19H22ClNO3S/c1-3-15-4-6-16(7-5-15)14(2)21-19(22)12-13-25(23,24)18-10-8-17(20)9-11-18/h4-11,14H,3,12-13H2,1-2H3,(H,21,22). The van der Waals surface area contributed by atoms with Gasteiger partial charge in [0, 0.05) is 11.4 Å². The average molecular weight is 380 g/mol. The van der Waals surface area contributed by atoms with Crippen LogP contribution < -0.4 is 5.32 Å². The number of nitrogens with one attached hydrogen (secondary N) is 1. The smallest absolute Gasteiger partial charge is 0.221 e. The maximum atomic E-state index is 12.3. The minimum Gasteiger partial charge on any atom is -0.350 e. The molecule has 134 valence electrons. The molecule has 25 heavy (non-hydrogen) atoms. The van der Waals surface area contributed by atoms with Crippen LogP contribution in [0.4, 0.5) is 0 Å². The van der Waals surface area contributed by atoms with E-state index in [1.165, 1.54) is 29.8 Å². The molecule has 0 radical (unpaired) electrons. The molecule has 0 aromatic heterocycles. The normalized spacial score (nSPS) is 12.6. The summed E-state index contributed by atoms with van der Waals surface area (Å²) in [7, 11) is -3.50. The van der Waals surface area contributed by atoms with Crippen LogP contribution in [0, 0.1) is 0 Å². The summed E-state index contributed by atoms with van der Waals surface area (Å²) >= 11 is 5.76. The Bertz CT molecular complexity index is 815. The van der Waals surface area contributed by atoms with Gasteiger partial charge in [-0.05, 0) is 48.7 Å². The van der Waals surface area contributed by atoms with Crippen LogP contribution in [0.25, 0.3) is 0 Å². The highest BCUT2D eigenvalue weighted by Gasteiger charge is 2.17. The molecule has 2 rings (SSSR count). The van der Waals surface area contributed by atoms with Crippen LogP contribution in [0.15, 0.2) is 53.4 Å². The van der Waals surface area contributed by atoms with Crippen molar-refractivity contribution in [1.82, 2.24) is 5.32 Å². The molecule has 2 aromatic rings. The predicted molar refractivity (Wildman–Crippen MR) is 100 cm³/mol. The molecule has 0 fully saturated rings. The molecule has 4 nitrogen and oxygen atoms in total. The van der Waals surface area contributed by atoms with E-state index in [-0.39, 0.29) is 29.0 Å². The van der Waals surface area contributed by atoms with Crippen molar-refractivity contribution in [2.45, 2.75) is 37.6 Å². The van der Waals surface area contributed by atoms with Crippen molar-refractivity contribution in [3.8, 4) is 0 Å². The number of amides is 1. The topological polar surface area (TPSA) is 63.2 Å². The largest absolute Gasteiger partial charge is 0.350 e. The average Bonchev–Trinajstić information content (AvgIpc) is 2.60. The molecule has 0 spiro atoms. The van der Waals surface area contributed by atoms with E-state index in [4.69, 9.17) is 11.6 Å². The van der Waals surface area contributed by atoms with Gasteiger partial charge >= 0.3 is 0 Å². The van der Waals surface area contributed by atoms with Gasteiger partial charge in [0.1, 0.15) is 0 Å². The van der Waals surface area contributed by atoms with E-state index in [0.29, 0.717) is 5.02 Å². The van der Waals surface area contributed by atoms with Gasteiger partial charge in [-0.15, -0.1) is 0 Å². The Morgan fingerprint density at radius 3 is 2.24 bits per heavy atom. The summed E-state index contributed by atoms with van der Waals surface area (Å²) in [4.78, 5) is 12.3. The zero-order valence-corrected chi connectivity index (χ0v) is 15.9. The summed E-state index contributed by atoms with van der Waals surface area (Å²) in [6.07, 6.45) is 0.881. The number of sulfone groups is 1. The van der Waals surface area contributed by atoms with Crippen molar-refractivity contribution in [3.63, 3.8) is 0 Å². The second-order valence-electron chi connectivity index (χ2n) is 5.91. The molecule has 1 atom stereocenters. The first-order valence-electron chi connectivity index (χ1n) is 8.18. The van der Waals surface area contributed by atoms with Crippen molar-refractivity contribution < 1.29 is 13.2 Å². The fraction of sp³-hybridized carbons (Fsp3) is 0.316. The molecule has 0 aliphatic heterocycles. The first kappa shape index (κ1) is 19.5. The number of rotatable bonds is 7. The molecule has 0 aliphatic carbocycles. The van der Waals surface area contributed by atoms with Gasteiger partial charge in [-0.3, -0.25) is 4.79 Å². The lowest BCUT2D eigenvalue weighted by molar-refractivity contribution is -0.121. The molecular formula is C19H22ClNO3S. The number of halogens is 1. The minimum absolute atomic E-state index is 0.0810. The summed E-state index contributed by atoms with van der Waals surface area (Å²) < 4.78 is 24.5. The van der Waals surface area contributed by atoms with Crippen molar-refractivity contribution in [2.24, 2.45) is 0 Å². The summed E-state index contributed by atoms with van der Waals surface area (Å²) in [5.74, 6) is -0.522. The first-order chi connectivity index (χ1) is 11.8. The summed E-state index contributed by atoms with van der Waals surface area (Å²) in [5.41, 5.74) is 2.22. The molecule has 0 aliphatic rings. The van der Waals surface area contributed by atoms with E-state index >= 15 is 0 Å². The lowest BCUT2D eigenvalue weighted by Gasteiger charge is -2.15. The SMILES string of the molecule is CCc1ccc(C(C)NC(=O)CCS(=O)(=O)c2ccc(Cl)cc2)cc1. The number of hydrogen-bond donors (Lipinski definition) is 1. The van der Waals surface area contributed by atoms with E-state index in [1.807, 2.05) is 31.2 Å². The van der Waals surface area contributed by atoms with E-state index in [2.05, 4.69) is 12.2 Å². The molecule has 1 unspecified atom stereocenters. The second kappa shape index (κ2) is 8.50. The Kier molecular flexibility index (Phi) is 6.62. The number of aryl methyl sites for hydroxylation is 1. The van der Waals surface area contributed by atoms with Gasteiger partial charge in [-0.1, -0.05) is 42.8 Å². The third-order valence-electron chi connectivity index (χ3n) is 4.04.